The first-order valence-corrected chi connectivity index (χ1v) is 4.47. The minimum absolute atomic E-state index is 0.253. The first-order chi connectivity index (χ1) is 4.84. The molecule has 3 N–H and O–H groups in total. The molecule has 1 saturated heterocycles. The molecule has 1 fully saturated rings. The molecule has 1 aliphatic rings. The molecule has 10 heavy (non-hydrogen) atoms. The van der Waals surface area contributed by atoms with E-state index >= 15 is 0 Å². The van der Waals surface area contributed by atoms with Gasteiger partial charge in [-0.2, -0.15) is 11.8 Å². The topological polar surface area (TPSA) is 55.5 Å². The molecule has 0 saturated carbocycles. The Morgan fingerprint density at radius 3 is 2.90 bits per heavy atom. The molecule has 0 aliphatic carbocycles. The van der Waals surface area contributed by atoms with Crippen molar-refractivity contribution in [3.05, 3.63) is 0 Å². The van der Waals surface area contributed by atoms with E-state index in [9.17, 15) is 5.11 Å². The Balaban J connectivity index is 2.14. The number of hydrogen-bond acceptors (Lipinski definition) is 4. The molecule has 60 valence electrons. The summed E-state index contributed by atoms with van der Waals surface area (Å²) in [7, 11) is 0. The van der Waals surface area contributed by atoms with Gasteiger partial charge < -0.3 is 15.6 Å². The van der Waals surface area contributed by atoms with Crippen LogP contribution >= 0.6 is 11.8 Å². The molecule has 0 spiro atoms. The predicted molar refractivity (Wildman–Crippen MR) is 42.1 cm³/mol. The maximum absolute atomic E-state index is 9.23. The summed E-state index contributed by atoms with van der Waals surface area (Å²) in [5.41, 5.74) is 5.31. The van der Waals surface area contributed by atoms with Crippen LogP contribution in [0.4, 0.5) is 0 Å². The highest BCUT2D eigenvalue weighted by atomic mass is 32.2. The molecule has 0 aromatic carbocycles. The molecule has 0 bridgehead atoms. The van der Waals surface area contributed by atoms with Crippen molar-refractivity contribution in [1.29, 1.82) is 0 Å². The fourth-order valence-corrected chi connectivity index (χ4v) is 1.83. The maximum Gasteiger partial charge on any atom is 0.0914 e. The Bertz CT molecular complexity index is 102. The van der Waals surface area contributed by atoms with Crippen molar-refractivity contribution < 1.29 is 9.84 Å². The lowest BCUT2D eigenvalue weighted by atomic mass is 10.3. The number of aliphatic hydroxyl groups is 1. The fraction of sp³-hybridized carbons (Fsp3) is 1.00. The third-order valence-electron chi connectivity index (χ3n) is 1.45. The van der Waals surface area contributed by atoms with E-state index < -0.39 is 0 Å². The van der Waals surface area contributed by atoms with Crippen LogP contribution in [0.15, 0.2) is 0 Å². The van der Waals surface area contributed by atoms with Crippen LogP contribution in [-0.4, -0.2) is 42.0 Å². The average molecular weight is 163 g/mol. The highest BCUT2D eigenvalue weighted by Gasteiger charge is 2.25. The van der Waals surface area contributed by atoms with Crippen LogP contribution in [0, 0.1) is 0 Å². The molecule has 0 amide bonds. The molecule has 0 radical (unpaired) electrons. The lowest BCUT2D eigenvalue weighted by Gasteiger charge is -2.09. The molecule has 0 aromatic heterocycles. The SMILES string of the molecule is NCCSC1COCC1O. The number of rotatable bonds is 3. The van der Waals surface area contributed by atoms with E-state index in [1.165, 1.54) is 0 Å². The van der Waals surface area contributed by atoms with Crippen molar-refractivity contribution in [2.75, 3.05) is 25.5 Å². The van der Waals surface area contributed by atoms with Crippen molar-refractivity contribution in [2.45, 2.75) is 11.4 Å². The normalized spacial score (nSPS) is 33.0. The smallest absolute Gasteiger partial charge is 0.0914 e. The summed E-state index contributed by atoms with van der Waals surface area (Å²) < 4.78 is 5.05. The van der Waals surface area contributed by atoms with Crippen molar-refractivity contribution in [3.63, 3.8) is 0 Å². The van der Waals surface area contributed by atoms with Gasteiger partial charge in [0.05, 0.1) is 24.6 Å². The van der Waals surface area contributed by atoms with E-state index in [-0.39, 0.29) is 11.4 Å². The van der Waals surface area contributed by atoms with E-state index in [1.807, 2.05) is 0 Å². The Hall–Kier alpha value is 0.230. The molecular weight excluding hydrogens is 150 g/mol. The summed E-state index contributed by atoms with van der Waals surface area (Å²) in [5, 5.41) is 9.48. The Kier molecular flexibility index (Phi) is 3.48. The number of thioether (sulfide) groups is 1. The van der Waals surface area contributed by atoms with E-state index in [0.29, 0.717) is 19.8 Å². The average Bonchev–Trinajstić information content (AvgIpc) is 2.31. The second-order valence-electron chi connectivity index (χ2n) is 2.30. The lowest BCUT2D eigenvalue weighted by Crippen LogP contribution is -2.21. The fourth-order valence-electron chi connectivity index (χ4n) is 0.902. The predicted octanol–water partition coefficient (Wildman–Crippen LogP) is -0.562. The summed E-state index contributed by atoms with van der Waals surface area (Å²) in [6.45, 7) is 1.84. The van der Waals surface area contributed by atoms with E-state index in [0.717, 1.165) is 5.75 Å². The summed E-state index contributed by atoms with van der Waals surface area (Å²) >= 11 is 1.69. The molecule has 2 atom stereocenters. The van der Waals surface area contributed by atoms with Crippen LogP contribution in [0.2, 0.25) is 0 Å². The van der Waals surface area contributed by atoms with Crippen molar-refractivity contribution in [1.82, 2.24) is 0 Å². The molecule has 1 heterocycles. The molecule has 2 unspecified atom stereocenters. The lowest BCUT2D eigenvalue weighted by molar-refractivity contribution is 0.127. The maximum atomic E-state index is 9.23. The van der Waals surface area contributed by atoms with Gasteiger partial charge in [0.2, 0.25) is 0 Å². The van der Waals surface area contributed by atoms with Crippen molar-refractivity contribution >= 4 is 11.8 Å². The van der Waals surface area contributed by atoms with Gasteiger partial charge in [0.15, 0.2) is 0 Å². The first kappa shape index (κ1) is 8.33. The largest absolute Gasteiger partial charge is 0.389 e. The van der Waals surface area contributed by atoms with Crippen LogP contribution in [0.1, 0.15) is 0 Å². The standard InChI is InChI=1S/C6H13NO2S/c7-1-2-10-6-4-9-3-5(6)8/h5-6,8H,1-4,7H2. The second kappa shape index (κ2) is 4.18. The van der Waals surface area contributed by atoms with Gasteiger partial charge in [0.1, 0.15) is 0 Å². The van der Waals surface area contributed by atoms with Gasteiger partial charge in [-0.05, 0) is 0 Å². The van der Waals surface area contributed by atoms with Crippen LogP contribution in [0.25, 0.3) is 0 Å². The zero-order valence-electron chi connectivity index (χ0n) is 5.82. The minimum atomic E-state index is -0.281. The summed E-state index contributed by atoms with van der Waals surface area (Å²) in [6.07, 6.45) is -0.281. The molecule has 3 nitrogen and oxygen atoms in total. The van der Waals surface area contributed by atoms with Gasteiger partial charge in [0.25, 0.3) is 0 Å². The molecule has 1 aliphatic heterocycles. The molecule has 4 heteroatoms. The number of hydrogen-bond donors (Lipinski definition) is 2. The van der Waals surface area contributed by atoms with Gasteiger partial charge in [-0.1, -0.05) is 0 Å². The van der Waals surface area contributed by atoms with Crippen LogP contribution in [0.5, 0.6) is 0 Å². The number of aliphatic hydroxyl groups excluding tert-OH is 1. The van der Waals surface area contributed by atoms with E-state index in [4.69, 9.17) is 10.5 Å². The van der Waals surface area contributed by atoms with Crippen LogP contribution in [0.3, 0.4) is 0 Å². The highest BCUT2D eigenvalue weighted by molar-refractivity contribution is 8.00. The third kappa shape index (κ3) is 2.12. The highest BCUT2D eigenvalue weighted by Crippen LogP contribution is 2.19. The van der Waals surface area contributed by atoms with E-state index in [1.54, 1.807) is 11.8 Å². The van der Waals surface area contributed by atoms with Crippen LogP contribution < -0.4 is 5.73 Å². The van der Waals surface area contributed by atoms with E-state index in [2.05, 4.69) is 0 Å². The number of ether oxygens (including phenoxy) is 1. The summed E-state index contributed by atoms with van der Waals surface area (Å²) in [5.74, 6) is 0.908. The van der Waals surface area contributed by atoms with Crippen LogP contribution in [-0.2, 0) is 4.74 Å². The number of nitrogens with two attached hydrogens (primary N) is 1. The third-order valence-corrected chi connectivity index (χ3v) is 2.80. The first-order valence-electron chi connectivity index (χ1n) is 3.42. The van der Waals surface area contributed by atoms with Crippen molar-refractivity contribution in [2.24, 2.45) is 5.73 Å². The Morgan fingerprint density at radius 1 is 1.60 bits per heavy atom. The molecule has 0 aromatic rings. The minimum Gasteiger partial charge on any atom is -0.389 e. The van der Waals surface area contributed by atoms with Gasteiger partial charge in [-0.25, -0.2) is 0 Å². The zero-order chi connectivity index (χ0) is 7.40. The molecular formula is C6H13NO2S. The van der Waals surface area contributed by atoms with Gasteiger partial charge >= 0.3 is 0 Å². The summed E-state index contributed by atoms with van der Waals surface area (Å²) in [4.78, 5) is 0. The molecule has 1 rings (SSSR count). The quantitative estimate of drug-likeness (QED) is 0.585. The summed E-state index contributed by atoms with van der Waals surface area (Å²) in [6, 6.07) is 0. The second-order valence-corrected chi connectivity index (χ2v) is 3.65. The van der Waals surface area contributed by atoms with Gasteiger partial charge in [-0.15, -0.1) is 0 Å². The van der Waals surface area contributed by atoms with Gasteiger partial charge in [0, 0.05) is 12.3 Å². The van der Waals surface area contributed by atoms with Crippen molar-refractivity contribution in [3.8, 4) is 0 Å². The zero-order valence-corrected chi connectivity index (χ0v) is 6.64. The Labute approximate surface area is 64.9 Å². The Morgan fingerprint density at radius 2 is 2.40 bits per heavy atom. The monoisotopic (exact) mass is 163 g/mol. The van der Waals surface area contributed by atoms with Gasteiger partial charge in [-0.3, -0.25) is 0 Å².